The van der Waals surface area contributed by atoms with E-state index in [9.17, 15) is 9.59 Å². The van der Waals surface area contributed by atoms with Crippen LogP contribution in [0.4, 0.5) is 4.79 Å². The summed E-state index contributed by atoms with van der Waals surface area (Å²) in [6.07, 6.45) is 4.44. The monoisotopic (exact) mass is 283 g/mol. The predicted molar refractivity (Wildman–Crippen MR) is 80.5 cm³/mol. The van der Waals surface area contributed by atoms with E-state index in [-0.39, 0.29) is 23.9 Å². The molecule has 0 aromatic heterocycles. The van der Waals surface area contributed by atoms with Crippen molar-refractivity contribution < 1.29 is 9.59 Å². The normalized spacial score (nSPS) is 16.3. The number of amides is 3. The highest BCUT2D eigenvalue weighted by Gasteiger charge is 2.25. The maximum atomic E-state index is 12.0. The Morgan fingerprint density at radius 1 is 1.15 bits per heavy atom. The average molecular weight is 283 g/mol. The van der Waals surface area contributed by atoms with Crippen LogP contribution in [0.25, 0.3) is 0 Å². The van der Waals surface area contributed by atoms with Gasteiger partial charge in [0.1, 0.15) is 0 Å². The van der Waals surface area contributed by atoms with Crippen molar-refractivity contribution in [3.05, 3.63) is 0 Å². The van der Waals surface area contributed by atoms with Crippen LogP contribution in [0.1, 0.15) is 52.9 Å². The minimum Gasteiger partial charge on any atom is -0.353 e. The number of carbonyl (C=O) groups is 2. The molecule has 1 saturated heterocycles. The fourth-order valence-corrected chi connectivity index (χ4v) is 2.55. The topological polar surface area (TPSA) is 61.4 Å². The molecule has 0 radical (unpaired) electrons. The Balaban J connectivity index is 2.31. The lowest BCUT2D eigenvalue weighted by molar-refractivity contribution is -0.126. The van der Waals surface area contributed by atoms with Crippen molar-refractivity contribution in [2.45, 2.75) is 58.9 Å². The number of nitrogens with one attached hydrogen (secondary N) is 2. The van der Waals surface area contributed by atoms with Gasteiger partial charge in [-0.05, 0) is 32.1 Å². The third-order valence-corrected chi connectivity index (χ3v) is 4.01. The van der Waals surface area contributed by atoms with E-state index in [1.54, 1.807) is 0 Å². The van der Waals surface area contributed by atoms with Crippen molar-refractivity contribution >= 4 is 11.9 Å². The lowest BCUT2D eigenvalue weighted by Gasteiger charge is -2.33. The van der Waals surface area contributed by atoms with Crippen LogP contribution in [0.2, 0.25) is 0 Å². The highest BCUT2D eigenvalue weighted by atomic mass is 16.2. The minimum atomic E-state index is 0.0246. The molecule has 3 amide bonds. The van der Waals surface area contributed by atoms with Crippen LogP contribution >= 0.6 is 0 Å². The first-order valence-electron chi connectivity index (χ1n) is 7.95. The summed E-state index contributed by atoms with van der Waals surface area (Å²) in [6, 6.07) is 0.245. The molecule has 0 atom stereocenters. The number of hydrogen-bond donors (Lipinski definition) is 2. The maximum absolute atomic E-state index is 12.0. The van der Waals surface area contributed by atoms with E-state index in [0.29, 0.717) is 0 Å². The summed E-state index contributed by atoms with van der Waals surface area (Å²) in [5, 5.41) is 6.02. The summed E-state index contributed by atoms with van der Waals surface area (Å²) in [5.41, 5.74) is 0. The molecule has 5 nitrogen and oxygen atoms in total. The Kier molecular flexibility index (Phi) is 7.41. The maximum Gasteiger partial charge on any atom is 0.317 e. The van der Waals surface area contributed by atoms with Crippen molar-refractivity contribution in [1.82, 2.24) is 15.5 Å². The van der Waals surface area contributed by atoms with Crippen LogP contribution in [0.3, 0.4) is 0 Å². The summed E-state index contributed by atoms with van der Waals surface area (Å²) >= 11 is 0. The first kappa shape index (κ1) is 16.8. The number of likely N-dealkylation sites (tertiary alicyclic amines) is 1. The molecule has 116 valence electrons. The van der Waals surface area contributed by atoms with Crippen molar-refractivity contribution in [2.75, 3.05) is 19.6 Å². The van der Waals surface area contributed by atoms with Crippen LogP contribution < -0.4 is 10.6 Å². The summed E-state index contributed by atoms with van der Waals surface area (Å²) in [7, 11) is 0. The summed E-state index contributed by atoms with van der Waals surface area (Å²) in [4.78, 5) is 25.7. The van der Waals surface area contributed by atoms with Gasteiger partial charge in [-0.1, -0.05) is 20.8 Å². The van der Waals surface area contributed by atoms with E-state index in [2.05, 4.69) is 24.5 Å². The van der Waals surface area contributed by atoms with Crippen LogP contribution in [0.15, 0.2) is 0 Å². The highest BCUT2D eigenvalue weighted by molar-refractivity contribution is 5.79. The lowest BCUT2D eigenvalue weighted by atomic mass is 10.00. The minimum absolute atomic E-state index is 0.0246. The number of nitrogens with zero attached hydrogens (tertiary/aromatic N) is 1. The molecule has 1 fully saturated rings. The van der Waals surface area contributed by atoms with E-state index in [4.69, 9.17) is 0 Å². The molecule has 0 spiro atoms. The van der Waals surface area contributed by atoms with Gasteiger partial charge in [-0.2, -0.15) is 0 Å². The second-order valence-corrected chi connectivity index (χ2v) is 5.52. The zero-order valence-electron chi connectivity index (χ0n) is 13.1. The van der Waals surface area contributed by atoms with Crippen molar-refractivity contribution in [1.29, 1.82) is 0 Å². The van der Waals surface area contributed by atoms with Crippen LogP contribution in [-0.4, -0.2) is 42.5 Å². The fourth-order valence-electron chi connectivity index (χ4n) is 2.55. The summed E-state index contributed by atoms with van der Waals surface area (Å²) in [5.74, 6) is 0.296. The summed E-state index contributed by atoms with van der Waals surface area (Å²) in [6.45, 7) is 8.32. The highest BCUT2D eigenvalue weighted by Crippen LogP contribution is 2.13. The molecule has 1 aliphatic rings. The Hall–Kier alpha value is -1.26. The van der Waals surface area contributed by atoms with E-state index in [0.717, 1.165) is 51.7 Å². The Morgan fingerprint density at radius 3 is 2.25 bits per heavy atom. The average Bonchev–Trinajstić information content (AvgIpc) is 2.46. The number of urea groups is 1. The van der Waals surface area contributed by atoms with Gasteiger partial charge in [-0.3, -0.25) is 4.79 Å². The number of carbonyl (C=O) groups excluding carboxylic acids is 2. The molecule has 1 rings (SSSR count). The Bertz CT molecular complexity index is 308. The largest absolute Gasteiger partial charge is 0.353 e. The third-order valence-electron chi connectivity index (χ3n) is 4.01. The van der Waals surface area contributed by atoms with Crippen molar-refractivity contribution in [3.8, 4) is 0 Å². The molecule has 2 N–H and O–H groups in total. The molecule has 1 aliphatic heterocycles. The van der Waals surface area contributed by atoms with Gasteiger partial charge in [0.15, 0.2) is 0 Å². The molecule has 0 bridgehead atoms. The summed E-state index contributed by atoms with van der Waals surface area (Å²) < 4.78 is 0. The molecule has 0 aromatic rings. The van der Waals surface area contributed by atoms with E-state index in [1.807, 2.05) is 11.8 Å². The first-order valence-corrected chi connectivity index (χ1v) is 7.95. The van der Waals surface area contributed by atoms with Gasteiger partial charge < -0.3 is 15.5 Å². The van der Waals surface area contributed by atoms with E-state index in [1.165, 1.54) is 0 Å². The smallest absolute Gasteiger partial charge is 0.317 e. The molecular weight excluding hydrogens is 254 g/mol. The molecule has 0 unspecified atom stereocenters. The zero-order valence-corrected chi connectivity index (χ0v) is 13.1. The van der Waals surface area contributed by atoms with E-state index < -0.39 is 0 Å². The Labute approximate surface area is 122 Å². The van der Waals surface area contributed by atoms with Gasteiger partial charge in [-0.25, -0.2) is 4.79 Å². The van der Waals surface area contributed by atoms with Gasteiger partial charge in [0.05, 0.1) is 0 Å². The molecule has 5 heteroatoms. The van der Waals surface area contributed by atoms with Crippen molar-refractivity contribution in [2.24, 2.45) is 5.92 Å². The molecular formula is C15H29N3O2. The van der Waals surface area contributed by atoms with Gasteiger partial charge in [0.2, 0.25) is 5.91 Å². The second-order valence-electron chi connectivity index (χ2n) is 5.52. The van der Waals surface area contributed by atoms with Gasteiger partial charge >= 0.3 is 6.03 Å². The molecule has 0 aromatic carbocycles. The third kappa shape index (κ3) is 5.02. The first-order chi connectivity index (χ1) is 9.62. The zero-order chi connectivity index (χ0) is 15.0. The second kappa shape index (κ2) is 8.82. The van der Waals surface area contributed by atoms with Gasteiger partial charge in [0, 0.05) is 31.6 Å². The molecule has 0 aliphatic carbocycles. The SMILES string of the molecule is CCCNC(=O)N1CCC(NC(=O)C(CC)CC)CC1. The fraction of sp³-hybridized carbons (Fsp3) is 0.867. The van der Waals surface area contributed by atoms with Gasteiger partial charge in [0.25, 0.3) is 0 Å². The molecule has 1 heterocycles. The quantitative estimate of drug-likeness (QED) is 0.784. The predicted octanol–water partition coefficient (Wildman–Crippen LogP) is 2.12. The Morgan fingerprint density at radius 2 is 1.75 bits per heavy atom. The van der Waals surface area contributed by atoms with Crippen LogP contribution in [0.5, 0.6) is 0 Å². The standard InChI is InChI=1S/C15H29N3O2/c1-4-9-16-15(20)18-10-7-13(8-11-18)17-14(19)12(5-2)6-3/h12-13H,4-11H2,1-3H3,(H,16,20)(H,17,19). The number of rotatable bonds is 6. The van der Waals surface area contributed by atoms with Crippen molar-refractivity contribution in [3.63, 3.8) is 0 Å². The number of hydrogen-bond acceptors (Lipinski definition) is 2. The number of piperidine rings is 1. The lowest BCUT2D eigenvalue weighted by Crippen LogP contribution is -2.50. The van der Waals surface area contributed by atoms with E-state index >= 15 is 0 Å². The van der Waals surface area contributed by atoms with Crippen LogP contribution in [0, 0.1) is 5.92 Å². The van der Waals surface area contributed by atoms with Crippen LogP contribution in [-0.2, 0) is 4.79 Å². The molecule has 0 saturated carbocycles. The van der Waals surface area contributed by atoms with Gasteiger partial charge in [-0.15, -0.1) is 0 Å². The molecule has 20 heavy (non-hydrogen) atoms.